The lowest BCUT2D eigenvalue weighted by Gasteiger charge is -2.25. The maximum absolute atomic E-state index is 7.97. The molecule has 0 aromatic carbocycles. The Hall–Kier alpha value is -2.21. The van der Waals surface area contributed by atoms with Crippen LogP contribution < -0.4 is 5.32 Å². The van der Waals surface area contributed by atoms with Crippen molar-refractivity contribution in [1.82, 2.24) is 10.1 Å². The van der Waals surface area contributed by atoms with E-state index in [1.807, 2.05) is 26.0 Å². The largest absolute Gasteiger partial charge is 0.361 e. The van der Waals surface area contributed by atoms with Crippen LogP contribution in [-0.2, 0) is 4.74 Å². The average molecular weight is 314 g/mol. The molecule has 6 heteroatoms. The molecule has 2 N–H and O–H groups in total. The molecule has 0 spiro atoms. The van der Waals surface area contributed by atoms with Gasteiger partial charge in [0.1, 0.15) is 17.8 Å². The number of hydrogen-bond acceptors (Lipinski definition) is 6. The van der Waals surface area contributed by atoms with Crippen LogP contribution in [0.5, 0.6) is 0 Å². The smallest absolute Gasteiger partial charge is 0.143 e. The molecule has 2 aromatic heterocycles. The summed E-state index contributed by atoms with van der Waals surface area (Å²) in [5.74, 6) is 1.43. The molecule has 1 aliphatic heterocycles. The Morgan fingerprint density at radius 3 is 2.74 bits per heavy atom. The predicted molar refractivity (Wildman–Crippen MR) is 88.9 cm³/mol. The number of rotatable bonds is 4. The summed E-state index contributed by atoms with van der Waals surface area (Å²) in [5, 5.41) is 15.3. The SMILES string of the molecule is CC(=N)c1ccc(-c2c(C)noc2C)nc1NC1CCCCO1. The van der Waals surface area contributed by atoms with Crippen molar-refractivity contribution in [3.63, 3.8) is 0 Å². The van der Waals surface area contributed by atoms with E-state index in [-0.39, 0.29) is 6.23 Å². The van der Waals surface area contributed by atoms with E-state index in [0.717, 1.165) is 54.1 Å². The highest BCUT2D eigenvalue weighted by molar-refractivity contribution is 6.01. The van der Waals surface area contributed by atoms with Crippen LogP contribution in [0.25, 0.3) is 11.3 Å². The summed E-state index contributed by atoms with van der Waals surface area (Å²) in [5.41, 5.74) is 3.78. The average Bonchev–Trinajstić information content (AvgIpc) is 2.87. The third-order valence-electron chi connectivity index (χ3n) is 4.07. The fourth-order valence-corrected chi connectivity index (χ4v) is 2.87. The lowest BCUT2D eigenvalue weighted by Crippen LogP contribution is -2.28. The van der Waals surface area contributed by atoms with E-state index in [9.17, 15) is 0 Å². The van der Waals surface area contributed by atoms with Gasteiger partial charge in [-0.1, -0.05) is 5.16 Å². The highest BCUT2D eigenvalue weighted by Crippen LogP contribution is 2.28. The lowest BCUT2D eigenvalue weighted by molar-refractivity contribution is 0.0341. The Labute approximate surface area is 135 Å². The first kappa shape index (κ1) is 15.7. The minimum absolute atomic E-state index is 0.0470. The topological polar surface area (TPSA) is 84.0 Å². The summed E-state index contributed by atoms with van der Waals surface area (Å²) >= 11 is 0. The van der Waals surface area contributed by atoms with Gasteiger partial charge in [-0.05, 0) is 52.2 Å². The molecule has 3 heterocycles. The zero-order chi connectivity index (χ0) is 16.4. The molecule has 6 nitrogen and oxygen atoms in total. The number of aryl methyl sites for hydroxylation is 2. The van der Waals surface area contributed by atoms with Crippen LogP contribution in [0.4, 0.5) is 5.82 Å². The second kappa shape index (κ2) is 6.50. The first-order valence-electron chi connectivity index (χ1n) is 7.94. The standard InChI is InChI=1S/C17H22N4O2/c1-10(18)13-7-8-14(16-11(2)21-23-12(16)3)19-17(13)20-15-6-4-5-9-22-15/h7-8,15,18H,4-6,9H2,1-3H3,(H,19,20). The minimum atomic E-state index is -0.0470. The fraction of sp³-hybridized carbons (Fsp3) is 0.471. The van der Waals surface area contributed by atoms with E-state index < -0.39 is 0 Å². The number of anilines is 1. The first-order valence-corrected chi connectivity index (χ1v) is 7.94. The van der Waals surface area contributed by atoms with Gasteiger partial charge >= 0.3 is 0 Å². The van der Waals surface area contributed by atoms with Crippen molar-refractivity contribution < 1.29 is 9.26 Å². The quantitative estimate of drug-likeness (QED) is 0.841. The molecular formula is C17H22N4O2. The molecule has 1 fully saturated rings. The van der Waals surface area contributed by atoms with Crippen molar-refractivity contribution in [3.8, 4) is 11.3 Å². The lowest BCUT2D eigenvalue weighted by atomic mass is 10.1. The molecule has 122 valence electrons. The Morgan fingerprint density at radius 2 is 2.13 bits per heavy atom. The number of nitrogens with one attached hydrogen (secondary N) is 2. The van der Waals surface area contributed by atoms with Gasteiger partial charge in [-0.15, -0.1) is 0 Å². The molecule has 1 aliphatic rings. The zero-order valence-corrected chi connectivity index (χ0v) is 13.8. The molecule has 0 aliphatic carbocycles. The van der Waals surface area contributed by atoms with Gasteiger partial charge < -0.3 is 20.0 Å². The Bertz CT molecular complexity index is 698. The van der Waals surface area contributed by atoms with E-state index in [4.69, 9.17) is 19.7 Å². The second-order valence-corrected chi connectivity index (χ2v) is 5.92. The fourth-order valence-electron chi connectivity index (χ4n) is 2.87. The van der Waals surface area contributed by atoms with Crippen molar-refractivity contribution in [2.45, 2.75) is 46.3 Å². The molecule has 1 atom stereocenters. The number of ether oxygens (including phenoxy) is 1. The van der Waals surface area contributed by atoms with E-state index in [1.54, 1.807) is 6.92 Å². The monoisotopic (exact) mass is 314 g/mol. The molecule has 1 saturated heterocycles. The summed E-state index contributed by atoms with van der Waals surface area (Å²) in [6.45, 7) is 6.31. The van der Waals surface area contributed by atoms with Crippen molar-refractivity contribution in [2.75, 3.05) is 11.9 Å². The number of nitrogens with zero attached hydrogens (tertiary/aromatic N) is 2. The Balaban J connectivity index is 1.97. The number of pyridine rings is 1. The first-order chi connectivity index (χ1) is 11.1. The van der Waals surface area contributed by atoms with Crippen LogP contribution in [-0.4, -0.2) is 28.7 Å². The molecule has 0 saturated carbocycles. The summed E-state index contributed by atoms with van der Waals surface area (Å²) in [6, 6.07) is 3.83. The van der Waals surface area contributed by atoms with Gasteiger partial charge in [0, 0.05) is 17.9 Å². The molecular weight excluding hydrogens is 292 g/mol. The Morgan fingerprint density at radius 1 is 1.30 bits per heavy atom. The van der Waals surface area contributed by atoms with Crippen molar-refractivity contribution in [2.24, 2.45) is 0 Å². The molecule has 0 amide bonds. The van der Waals surface area contributed by atoms with Crippen LogP contribution in [0.2, 0.25) is 0 Å². The minimum Gasteiger partial charge on any atom is -0.361 e. The third-order valence-corrected chi connectivity index (χ3v) is 4.07. The van der Waals surface area contributed by atoms with Crippen LogP contribution in [0.15, 0.2) is 16.7 Å². The van der Waals surface area contributed by atoms with E-state index in [1.165, 1.54) is 0 Å². The van der Waals surface area contributed by atoms with Crippen molar-refractivity contribution >= 4 is 11.5 Å². The van der Waals surface area contributed by atoms with E-state index in [2.05, 4.69) is 10.5 Å². The maximum Gasteiger partial charge on any atom is 0.143 e. The summed E-state index contributed by atoms with van der Waals surface area (Å²) in [6.07, 6.45) is 3.14. The summed E-state index contributed by atoms with van der Waals surface area (Å²) in [4.78, 5) is 4.72. The van der Waals surface area contributed by atoms with Gasteiger partial charge in [0.15, 0.2) is 0 Å². The van der Waals surface area contributed by atoms with Gasteiger partial charge in [0.05, 0.1) is 17.0 Å². The highest BCUT2D eigenvalue weighted by atomic mass is 16.5. The van der Waals surface area contributed by atoms with Gasteiger partial charge in [0.25, 0.3) is 0 Å². The number of hydrogen-bond donors (Lipinski definition) is 2. The van der Waals surface area contributed by atoms with E-state index >= 15 is 0 Å². The molecule has 0 bridgehead atoms. The summed E-state index contributed by atoms with van der Waals surface area (Å²) < 4.78 is 11.0. The van der Waals surface area contributed by atoms with Gasteiger partial charge in [-0.2, -0.15) is 0 Å². The van der Waals surface area contributed by atoms with Crippen molar-refractivity contribution in [1.29, 1.82) is 5.41 Å². The van der Waals surface area contributed by atoms with Crippen molar-refractivity contribution in [3.05, 3.63) is 29.2 Å². The maximum atomic E-state index is 7.97. The molecule has 23 heavy (non-hydrogen) atoms. The molecule has 3 rings (SSSR count). The van der Waals surface area contributed by atoms with Gasteiger partial charge in [-0.25, -0.2) is 4.98 Å². The van der Waals surface area contributed by atoms with Crippen LogP contribution in [0.1, 0.15) is 43.2 Å². The predicted octanol–water partition coefficient (Wildman–Crippen LogP) is 3.68. The van der Waals surface area contributed by atoms with Crippen LogP contribution in [0, 0.1) is 19.3 Å². The van der Waals surface area contributed by atoms with Crippen LogP contribution >= 0.6 is 0 Å². The second-order valence-electron chi connectivity index (χ2n) is 5.92. The summed E-state index contributed by atoms with van der Waals surface area (Å²) in [7, 11) is 0. The normalized spacial score (nSPS) is 18.0. The van der Waals surface area contributed by atoms with Gasteiger partial charge in [-0.3, -0.25) is 0 Å². The Kier molecular flexibility index (Phi) is 4.43. The zero-order valence-electron chi connectivity index (χ0n) is 13.8. The highest BCUT2D eigenvalue weighted by Gasteiger charge is 2.19. The van der Waals surface area contributed by atoms with Crippen LogP contribution in [0.3, 0.4) is 0 Å². The van der Waals surface area contributed by atoms with Gasteiger partial charge in [0.2, 0.25) is 0 Å². The molecule has 1 unspecified atom stereocenters. The molecule has 0 radical (unpaired) electrons. The number of aromatic nitrogens is 2. The third kappa shape index (κ3) is 3.27. The molecule has 2 aromatic rings. The van der Waals surface area contributed by atoms with E-state index in [0.29, 0.717) is 11.5 Å².